The third kappa shape index (κ3) is 3.58. The lowest BCUT2D eigenvalue weighted by Gasteiger charge is -2.36. The molecule has 0 aromatic carbocycles. The molecule has 3 rings (SSSR count). The summed E-state index contributed by atoms with van der Waals surface area (Å²) in [5, 5.41) is 10.2. The summed E-state index contributed by atoms with van der Waals surface area (Å²) in [7, 11) is 0. The third-order valence-corrected chi connectivity index (χ3v) is 5.57. The molecule has 1 saturated heterocycles. The molecule has 1 aromatic heterocycles. The van der Waals surface area contributed by atoms with E-state index in [0.29, 0.717) is 18.7 Å². The number of carbonyl (C=O) groups excluding carboxylic acids is 1. The minimum absolute atomic E-state index is 0.000422. The second-order valence-electron chi connectivity index (χ2n) is 6.04. The van der Waals surface area contributed by atoms with Gasteiger partial charge in [-0.05, 0) is 30.9 Å². The number of hydrogen-bond donors (Lipinski definition) is 1. The Labute approximate surface area is 129 Å². The molecule has 21 heavy (non-hydrogen) atoms. The molecule has 2 heterocycles. The zero-order valence-electron chi connectivity index (χ0n) is 12.2. The van der Waals surface area contributed by atoms with Crippen LogP contribution >= 0.6 is 11.8 Å². The van der Waals surface area contributed by atoms with E-state index in [1.807, 2.05) is 12.1 Å². The minimum Gasteiger partial charge on any atom is -0.389 e. The number of aliphatic hydroxyl groups is 1. The molecule has 0 radical (unpaired) electrons. The van der Waals surface area contributed by atoms with Crippen molar-refractivity contribution in [2.45, 2.75) is 43.2 Å². The van der Waals surface area contributed by atoms with Gasteiger partial charge < -0.3 is 10.0 Å². The number of nitrogens with zero attached hydrogens (tertiary/aromatic N) is 2. The molecule has 1 amide bonds. The van der Waals surface area contributed by atoms with Crippen LogP contribution in [0.2, 0.25) is 0 Å². The van der Waals surface area contributed by atoms with Crippen LogP contribution in [0.3, 0.4) is 0 Å². The lowest BCUT2D eigenvalue weighted by molar-refractivity contribution is 0.00560. The Balaban J connectivity index is 1.63. The summed E-state index contributed by atoms with van der Waals surface area (Å²) in [4.78, 5) is 18.5. The van der Waals surface area contributed by atoms with Crippen molar-refractivity contribution in [3.63, 3.8) is 0 Å². The van der Waals surface area contributed by atoms with Crippen LogP contribution < -0.4 is 0 Å². The minimum atomic E-state index is -0.357. The first-order chi connectivity index (χ1) is 10.2. The Morgan fingerprint density at radius 3 is 2.81 bits per heavy atom. The Kier molecular flexibility index (Phi) is 4.80. The highest BCUT2D eigenvalue weighted by Crippen LogP contribution is 2.31. The van der Waals surface area contributed by atoms with Crippen LogP contribution in [0.25, 0.3) is 0 Å². The number of aromatic nitrogens is 1. The van der Waals surface area contributed by atoms with Crippen molar-refractivity contribution in [3.05, 3.63) is 23.9 Å². The Morgan fingerprint density at radius 2 is 2.10 bits per heavy atom. The molecular weight excluding hydrogens is 284 g/mol. The molecule has 2 aliphatic rings. The first-order valence-electron chi connectivity index (χ1n) is 7.79. The van der Waals surface area contributed by atoms with Gasteiger partial charge in [0.25, 0.3) is 5.91 Å². The number of rotatable bonds is 4. The van der Waals surface area contributed by atoms with Gasteiger partial charge in [-0.3, -0.25) is 4.79 Å². The van der Waals surface area contributed by atoms with E-state index in [-0.39, 0.29) is 12.0 Å². The maximum atomic E-state index is 12.4. The van der Waals surface area contributed by atoms with E-state index in [0.717, 1.165) is 16.7 Å². The van der Waals surface area contributed by atoms with Crippen molar-refractivity contribution in [2.75, 3.05) is 18.8 Å². The summed E-state index contributed by atoms with van der Waals surface area (Å²) >= 11 is 1.71. The molecule has 2 fully saturated rings. The van der Waals surface area contributed by atoms with Gasteiger partial charge in [0.05, 0.1) is 11.7 Å². The maximum absolute atomic E-state index is 12.4. The molecule has 1 aliphatic carbocycles. The Morgan fingerprint density at radius 1 is 1.33 bits per heavy atom. The summed E-state index contributed by atoms with van der Waals surface area (Å²) < 4.78 is 0. The first kappa shape index (κ1) is 14.9. The van der Waals surface area contributed by atoms with Crippen molar-refractivity contribution < 1.29 is 9.90 Å². The highest BCUT2D eigenvalue weighted by Gasteiger charge is 2.31. The van der Waals surface area contributed by atoms with Gasteiger partial charge in [-0.15, -0.1) is 11.8 Å². The van der Waals surface area contributed by atoms with E-state index in [4.69, 9.17) is 0 Å². The summed E-state index contributed by atoms with van der Waals surface area (Å²) in [6.07, 6.45) is 8.05. The van der Waals surface area contributed by atoms with Crippen molar-refractivity contribution in [3.8, 4) is 0 Å². The van der Waals surface area contributed by atoms with E-state index >= 15 is 0 Å². The largest absolute Gasteiger partial charge is 0.389 e. The lowest BCUT2D eigenvalue weighted by atomic mass is 9.91. The van der Waals surface area contributed by atoms with E-state index < -0.39 is 0 Å². The zero-order valence-corrected chi connectivity index (χ0v) is 13.0. The number of pyridine rings is 1. The van der Waals surface area contributed by atoms with Crippen LogP contribution in [-0.2, 0) is 0 Å². The number of β-amino-alcohol motifs (C(OH)–C–C–N with tert-alkyl or cyclic N) is 1. The molecule has 0 spiro atoms. The molecular formula is C16H22N2O2S. The van der Waals surface area contributed by atoms with Gasteiger partial charge in [-0.2, -0.15) is 0 Å². The average Bonchev–Trinajstić information content (AvgIpc) is 2.50. The van der Waals surface area contributed by atoms with Gasteiger partial charge >= 0.3 is 0 Å². The quantitative estimate of drug-likeness (QED) is 0.869. The van der Waals surface area contributed by atoms with Crippen LogP contribution in [0.15, 0.2) is 23.4 Å². The standard InChI is InChI=1S/C16H22N2O2S/c19-13-9-18(10-13)16(20)14-7-4-8-17-15(14)21-11-12-5-2-1-3-6-12/h4,7-8,12-13,19H,1-3,5-6,9-11H2. The molecule has 0 unspecified atom stereocenters. The monoisotopic (exact) mass is 306 g/mol. The fourth-order valence-electron chi connectivity index (χ4n) is 3.01. The fraction of sp³-hybridized carbons (Fsp3) is 0.625. The van der Waals surface area contributed by atoms with Gasteiger partial charge in [0.1, 0.15) is 5.03 Å². The second kappa shape index (κ2) is 6.79. The van der Waals surface area contributed by atoms with Crippen LogP contribution in [0, 0.1) is 5.92 Å². The highest BCUT2D eigenvalue weighted by molar-refractivity contribution is 7.99. The number of amides is 1. The van der Waals surface area contributed by atoms with Gasteiger partial charge in [-0.25, -0.2) is 4.98 Å². The summed E-state index contributed by atoms with van der Waals surface area (Å²) in [6, 6.07) is 3.66. The predicted octanol–water partition coefficient (Wildman–Crippen LogP) is 2.57. The molecule has 1 N–H and O–H groups in total. The fourth-order valence-corrected chi connectivity index (χ4v) is 4.18. The van der Waals surface area contributed by atoms with Crippen LogP contribution in [0.5, 0.6) is 0 Å². The molecule has 5 heteroatoms. The lowest BCUT2D eigenvalue weighted by Crippen LogP contribution is -2.53. The van der Waals surface area contributed by atoms with Crippen molar-refractivity contribution in [1.29, 1.82) is 0 Å². The van der Waals surface area contributed by atoms with Gasteiger partial charge in [0.15, 0.2) is 0 Å². The Bertz CT molecular complexity index is 497. The molecule has 1 aliphatic heterocycles. The molecule has 114 valence electrons. The highest BCUT2D eigenvalue weighted by atomic mass is 32.2. The SMILES string of the molecule is O=C(c1cccnc1SCC1CCCCC1)N1CC(O)C1. The van der Waals surface area contributed by atoms with Gasteiger partial charge in [0, 0.05) is 25.0 Å². The number of carbonyl (C=O) groups is 1. The molecule has 1 aromatic rings. The smallest absolute Gasteiger partial charge is 0.256 e. The Hall–Kier alpha value is -1.07. The summed E-state index contributed by atoms with van der Waals surface area (Å²) in [5.74, 6) is 1.82. The summed E-state index contributed by atoms with van der Waals surface area (Å²) in [5.41, 5.74) is 0.685. The van der Waals surface area contributed by atoms with Crippen molar-refractivity contribution in [2.24, 2.45) is 5.92 Å². The maximum Gasteiger partial charge on any atom is 0.256 e. The van der Waals surface area contributed by atoms with Crippen LogP contribution in [-0.4, -0.2) is 45.8 Å². The average molecular weight is 306 g/mol. The zero-order chi connectivity index (χ0) is 14.7. The third-order valence-electron chi connectivity index (χ3n) is 4.33. The topological polar surface area (TPSA) is 53.4 Å². The van der Waals surface area contributed by atoms with Crippen molar-refractivity contribution >= 4 is 17.7 Å². The van der Waals surface area contributed by atoms with Gasteiger partial charge in [-0.1, -0.05) is 19.3 Å². The first-order valence-corrected chi connectivity index (χ1v) is 8.78. The van der Waals surface area contributed by atoms with Crippen LogP contribution in [0.1, 0.15) is 42.5 Å². The van der Waals surface area contributed by atoms with Crippen LogP contribution in [0.4, 0.5) is 0 Å². The van der Waals surface area contributed by atoms with E-state index in [1.165, 1.54) is 32.1 Å². The summed E-state index contributed by atoms with van der Waals surface area (Å²) in [6.45, 7) is 0.890. The number of aliphatic hydroxyl groups excluding tert-OH is 1. The molecule has 0 bridgehead atoms. The van der Waals surface area contributed by atoms with E-state index in [9.17, 15) is 9.90 Å². The van der Waals surface area contributed by atoms with E-state index in [1.54, 1.807) is 22.9 Å². The number of likely N-dealkylation sites (tertiary alicyclic amines) is 1. The molecule has 4 nitrogen and oxygen atoms in total. The second-order valence-corrected chi connectivity index (χ2v) is 7.04. The normalized spacial score (nSPS) is 20.3. The molecule has 0 atom stereocenters. The predicted molar refractivity (Wildman–Crippen MR) is 83.4 cm³/mol. The number of hydrogen-bond acceptors (Lipinski definition) is 4. The van der Waals surface area contributed by atoms with Crippen molar-refractivity contribution in [1.82, 2.24) is 9.88 Å². The number of thioether (sulfide) groups is 1. The van der Waals surface area contributed by atoms with E-state index in [2.05, 4.69) is 4.98 Å². The van der Waals surface area contributed by atoms with Gasteiger partial charge in [0.2, 0.25) is 0 Å². The molecule has 1 saturated carbocycles.